The summed E-state index contributed by atoms with van der Waals surface area (Å²) in [6.45, 7) is 3.22. The molecule has 0 radical (unpaired) electrons. The summed E-state index contributed by atoms with van der Waals surface area (Å²) >= 11 is 0. The van der Waals surface area contributed by atoms with Gasteiger partial charge in [0.25, 0.3) is 0 Å². The van der Waals surface area contributed by atoms with E-state index in [1.54, 1.807) is 0 Å². The molecule has 6 heteroatoms. The van der Waals surface area contributed by atoms with E-state index in [0.29, 0.717) is 12.5 Å². The Morgan fingerprint density at radius 2 is 1.62 bits per heavy atom. The van der Waals surface area contributed by atoms with E-state index in [-0.39, 0.29) is 42.2 Å². The number of piperidine rings is 1. The average Bonchev–Trinajstić information content (AvgIpc) is 2.51. The molecule has 5 rings (SSSR count). The van der Waals surface area contributed by atoms with Crippen molar-refractivity contribution in [3.63, 3.8) is 0 Å². The molecule has 2 amide bonds. The van der Waals surface area contributed by atoms with Crippen molar-refractivity contribution < 1.29 is 9.59 Å². The fourth-order valence-electron chi connectivity index (χ4n) is 6.63. The highest BCUT2D eigenvalue weighted by Gasteiger charge is 2.51. The van der Waals surface area contributed by atoms with Crippen LogP contribution in [0.15, 0.2) is 0 Å². The third-order valence-electron chi connectivity index (χ3n) is 7.14. The van der Waals surface area contributed by atoms with Gasteiger partial charge in [0, 0.05) is 18.5 Å². The van der Waals surface area contributed by atoms with Crippen molar-refractivity contribution in [2.75, 3.05) is 13.1 Å². The molecule has 4 aliphatic carbocycles. The van der Waals surface area contributed by atoms with E-state index in [1.807, 2.05) is 0 Å². The predicted molar refractivity (Wildman–Crippen MR) is 104 cm³/mol. The molecule has 5 fully saturated rings. The maximum Gasteiger partial charge on any atom is 0.239 e. The van der Waals surface area contributed by atoms with Crippen molar-refractivity contribution in [1.82, 2.24) is 16.0 Å². The molecule has 1 saturated heterocycles. The van der Waals surface area contributed by atoms with Crippen LogP contribution < -0.4 is 16.0 Å². The molecule has 5 aliphatic rings. The summed E-state index contributed by atoms with van der Waals surface area (Å²) in [6.07, 6.45) is 10.5. The lowest BCUT2D eigenvalue weighted by molar-refractivity contribution is -0.132. The van der Waals surface area contributed by atoms with Crippen LogP contribution in [0.25, 0.3) is 0 Å². The zero-order valence-electron chi connectivity index (χ0n) is 15.9. The van der Waals surface area contributed by atoms with E-state index >= 15 is 0 Å². The summed E-state index contributed by atoms with van der Waals surface area (Å²) < 4.78 is 0. The highest BCUT2D eigenvalue weighted by molar-refractivity contribution is 5.85. The van der Waals surface area contributed by atoms with Crippen LogP contribution in [0, 0.1) is 23.2 Å². The second-order valence-corrected chi connectivity index (χ2v) is 9.52. The molecule has 3 N–H and O–H groups in total. The van der Waals surface area contributed by atoms with Crippen molar-refractivity contribution in [3.8, 4) is 0 Å². The minimum atomic E-state index is -0.0436. The molecule has 4 saturated carbocycles. The molecule has 1 aliphatic heterocycles. The summed E-state index contributed by atoms with van der Waals surface area (Å²) in [5.74, 6) is 2.63. The van der Waals surface area contributed by atoms with Gasteiger partial charge < -0.3 is 16.0 Å². The molecule has 4 bridgehead atoms. The van der Waals surface area contributed by atoms with Gasteiger partial charge in [-0.2, -0.15) is 0 Å². The van der Waals surface area contributed by atoms with Crippen molar-refractivity contribution >= 4 is 24.2 Å². The van der Waals surface area contributed by atoms with Gasteiger partial charge in [-0.25, -0.2) is 0 Å². The molecule has 0 aromatic rings. The Kier molecular flexibility index (Phi) is 6.18. The standard InChI is InChI=1S/C20H33N3O2.ClH/c1-13-4-17(2-3-21-13)23-19(25)12-22-18(24)11-20-8-14-5-15(9-20)7-16(6-14)10-20;/h13-17,21H,2-12H2,1H3,(H,22,24)(H,23,25);1H. The number of nitrogens with one attached hydrogen (secondary N) is 3. The Bertz CT molecular complexity index is 504. The maximum atomic E-state index is 12.5. The zero-order chi connectivity index (χ0) is 17.4. The average molecular weight is 384 g/mol. The van der Waals surface area contributed by atoms with Gasteiger partial charge in [0.05, 0.1) is 6.54 Å². The molecule has 26 heavy (non-hydrogen) atoms. The molecule has 2 unspecified atom stereocenters. The first-order chi connectivity index (χ1) is 12.0. The normalized spacial score (nSPS) is 40.6. The summed E-state index contributed by atoms with van der Waals surface area (Å²) in [5.41, 5.74) is 0.250. The lowest BCUT2D eigenvalue weighted by atomic mass is 9.49. The number of halogens is 1. The van der Waals surface area contributed by atoms with Crippen molar-refractivity contribution in [1.29, 1.82) is 0 Å². The number of hydrogen-bond acceptors (Lipinski definition) is 3. The van der Waals surface area contributed by atoms with E-state index in [0.717, 1.165) is 37.1 Å². The molecule has 0 spiro atoms. The molecule has 0 aromatic carbocycles. The molecule has 0 aromatic heterocycles. The van der Waals surface area contributed by atoms with Gasteiger partial charge in [-0.3, -0.25) is 9.59 Å². The van der Waals surface area contributed by atoms with Gasteiger partial charge in [0.1, 0.15) is 0 Å². The van der Waals surface area contributed by atoms with Crippen LogP contribution >= 0.6 is 12.4 Å². The molecule has 2 atom stereocenters. The Morgan fingerprint density at radius 1 is 1.00 bits per heavy atom. The van der Waals surface area contributed by atoms with Gasteiger partial charge in [0.2, 0.25) is 11.8 Å². The lowest BCUT2D eigenvalue weighted by Gasteiger charge is -2.56. The fraction of sp³-hybridized carbons (Fsp3) is 0.900. The van der Waals surface area contributed by atoms with Crippen LogP contribution in [0.1, 0.15) is 64.7 Å². The second kappa shape index (κ2) is 8.05. The third-order valence-corrected chi connectivity index (χ3v) is 7.14. The van der Waals surface area contributed by atoms with Gasteiger partial charge in [-0.05, 0) is 88.0 Å². The Hall–Kier alpha value is -0.810. The van der Waals surface area contributed by atoms with Gasteiger partial charge in [-0.15, -0.1) is 12.4 Å². The Morgan fingerprint density at radius 3 is 2.19 bits per heavy atom. The monoisotopic (exact) mass is 383 g/mol. The summed E-state index contributed by atoms with van der Waals surface area (Å²) in [5, 5.41) is 9.35. The van der Waals surface area contributed by atoms with Crippen LogP contribution in [-0.2, 0) is 9.59 Å². The van der Waals surface area contributed by atoms with Gasteiger partial charge >= 0.3 is 0 Å². The molecular formula is C20H34ClN3O2. The van der Waals surface area contributed by atoms with E-state index in [1.165, 1.54) is 38.5 Å². The van der Waals surface area contributed by atoms with Crippen molar-refractivity contribution in [2.45, 2.75) is 76.8 Å². The molecule has 1 heterocycles. The van der Waals surface area contributed by atoms with E-state index in [4.69, 9.17) is 0 Å². The fourth-order valence-corrected chi connectivity index (χ4v) is 6.63. The number of hydrogen-bond donors (Lipinski definition) is 3. The summed E-state index contributed by atoms with van der Waals surface area (Å²) in [6, 6.07) is 0.688. The smallest absolute Gasteiger partial charge is 0.239 e. The van der Waals surface area contributed by atoms with Crippen LogP contribution in [0.2, 0.25) is 0 Å². The van der Waals surface area contributed by atoms with Gasteiger partial charge in [-0.1, -0.05) is 0 Å². The number of amides is 2. The third kappa shape index (κ3) is 4.53. The SMILES string of the molecule is CC1CC(NC(=O)CNC(=O)CC23CC4CC(CC(C4)C2)C3)CCN1.Cl. The quantitative estimate of drug-likeness (QED) is 0.682. The molecule has 148 valence electrons. The first-order valence-electron chi connectivity index (χ1n) is 10.3. The largest absolute Gasteiger partial charge is 0.352 e. The zero-order valence-corrected chi connectivity index (χ0v) is 16.7. The molecule has 5 nitrogen and oxygen atoms in total. The van der Waals surface area contributed by atoms with Gasteiger partial charge in [0.15, 0.2) is 0 Å². The maximum absolute atomic E-state index is 12.5. The predicted octanol–water partition coefficient (Wildman–Crippen LogP) is 2.39. The van der Waals surface area contributed by atoms with Crippen LogP contribution in [0.3, 0.4) is 0 Å². The minimum absolute atomic E-state index is 0. The van der Waals surface area contributed by atoms with Crippen LogP contribution in [0.5, 0.6) is 0 Å². The topological polar surface area (TPSA) is 70.2 Å². The first-order valence-corrected chi connectivity index (χ1v) is 10.3. The number of carbonyl (C=O) groups is 2. The minimum Gasteiger partial charge on any atom is -0.352 e. The van der Waals surface area contributed by atoms with E-state index in [2.05, 4.69) is 22.9 Å². The van der Waals surface area contributed by atoms with Crippen LogP contribution in [0.4, 0.5) is 0 Å². The highest BCUT2D eigenvalue weighted by Crippen LogP contribution is 2.61. The van der Waals surface area contributed by atoms with E-state index < -0.39 is 0 Å². The Balaban J connectivity index is 0.00000196. The van der Waals surface area contributed by atoms with Crippen molar-refractivity contribution in [3.05, 3.63) is 0 Å². The van der Waals surface area contributed by atoms with E-state index in [9.17, 15) is 9.59 Å². The number of rotatable bonds is 5. The number of carbonyl (C=O) groups excluding carboxylic acids is 2. The first kappa shape index (κ1) is 19.9. The highest BCUT2D eigenvalue weighted by atomic mass is 35.5. The second-order valence-electron chi connectivity index (χ2n) is 9.52. The Labute approximate surface area is 163 Å². The lowest BCUT2D eigenvalue weighted by Crippen LogP contribution is -2.50. The summed E-state index contributed by atoms with van der Waals surface area (Å²) in [7, 11) is 0. The van der Waals surface area contributed by atoms with Crippen LogP contribution in [-0.4, -0.2) is 37.0 Å². The molecular weight excluding hydrogens is 350 g/mol. The van der Waals surface area contributed by atoms with Crippen molar-refractivity contribution in [2.24, 2.45) is 23.2 Å². The summed E-state index contributed by atoms with van der Waals surface area (Å²) in [4.78, 5) is 24.6.